The van der Waals surface area contributed by atoms with E-state index < -0.39 is 12.0 Å². The molecule has 0 spiro atoms. The number of ether oxygens (including phenoxy) is 1. The van der Waals surface area contributed by atoms with Crippen molar-refractivity contribution < 1.29 is 14.6 Å². The first-order valence-electron chi connectivity index (χ1n) is 8.20. The minimum Gasteiger partial charge on any atom is -0.494 e. The number of para-hydroxylation sites is 2. The fraction of sp³-hybridized carbons (Fsp3) is 0.211. The molecule has 1 aromatic heterocycles. The largest absolute Gasteiger partial charge is 0.494 e. The van der Waals surface area contributed by atoms with Crippen LogP contribution in [0.4, 0.5) is 0 Å². The monoisotopic (exact) mass is 352 g/mol. The van der Waals surface area contributed by atoms with Gasteiger partial charge in [-0.1, -0.05) is 42.5 Å². The van der Waals surface area contributed by atoms with E-state index in [9.17, 15) is 9.90 Å². The Kier molecular flexibility index (Phi) is 5.28. The molecule has 7 heteroatoms. The molecule has 1 atom stereocenters. The number of carbonyl (C=O) groups excluding carboxylic acids is 1. The van der Waals surface area contributed by atoms with E-state index in [0.717, 1.165) is 0 Å². The molecule has 0 saturated carbocycles. The summed E-state index contributed by atoms with van der Waals surface area (Å²) in [7, 11) is 1.57. The highest BCUT2D eigenvalue weighted by molar-refractivity contribution is 5.73. The number of hydrogen-bond donors (Lipinski definition) is 2. The summed E-state index contributed by atoms with van der Waals surface area (Å²) >= 11 is 0. The smallest absolute Gasteiger partial charge is 0.217 e. The van der Waals surface area contributed by atoms with Crippen LogP contribution in [-0.4, -0.2) is 32.9 Å². The fourth-order valence-electron chi connectivity index (χ4n) is 2.66. The summed E-state index contributed by atoms with van der Waals surface area (Å²) in [6.45, 7) is 0. The van der Waals surface area contributed by atoms with Gasteiger partial charge in [0.05, 0.1) is 7.11 Å². The molecule has 0 aliphatic heterocycles. The third-order valence-electron chi connectivity index (χ3n) is 3.96. The molecule has 2 aromatic carbocycles. The molecule has 3 N–H and O–H groups in total. The summed E-state index contributed by atoms with van der Waals surface area (Å²) in [6.07, 6.45) is -0.532. The minimum absolute atomic E-state index is 0.134. The fourth-order valence-corrected chi connectivity index (χ4v) is 2.66. The summed E-state index contributed by atoms with van der Waals surface area (Å²) in [5, 5.41) is 15.1. The van der Waals surface area contributed by atoms with E-state index in [1.807, 2.05) is 42.5 Å². The average molecular weight is 352 g/mol. The van der Waals surface area contributed by atoms with Crippen LogP contribution in [0.5, 0.6) is 5.75 Å². The maximum atomic E-state index is 11.2. The first-order chi connectivity index (χ1) is 12.6. The Morgan fingerprint density at radius 3 is 2.58 bits per heavy atom. The van der Waals surface area contributed by atoms with Crippen LogP contribution in [0.3, 0.4) is 0 Å². The van der Waals surface area contributed by atoms with Gasteiger partial charge < -0.3 is 15.6 Å². The van der Waals surface area contributed by atoms with Gasteiger partial charge in [0.2, 0.25) is 5.91 Å². The normalized spacial score (nSPS) is 11.9. The summed E-state index contributed by atoms with van der Waals surface area (Å²) < 4.78 is 6.98. The lowest BCUT2D eigenvalue weighted by Gasteiger charge is -2.10. The molecule has 1 heterocycles. The number of aryl methyl sites for hydroxylation is 1. The third kappa shape index (κ3) is 3.73. The highest BCUT2D eigenvalue weighted by Gasteiger charge is 2.21. The van der Waals surface area contributed by atoms with Crippen molar-refractivity contribution in [1.82, 2.24) is 14.8 Å². The van der Waals surface area contributed by atoms with Gasteiger partial charge in [-0.25, -0.2) is 9.67 Å². The van der Waals surface area contributed by atoms with E-state index in [2.05, 4.69) is 10.1 Å². The van der Waals surface area contributed by atoms with E-state index in [4.69, 9.17) is 10.5 Å². The standard InChI is InChI=1S/C19H20N4O3/c1-26-15-10-6-5-9-14(15)23-17(12-11-16(20)24)21-19(22-23)18(25)13-7-3-2-4-8-13/h2-10,18,25H,11-12H2,1H3,(H2,20,24). The van der Waals surface area contributed by atoms with Crippen LogP contribution in [-0.2, 0) is 11.2 Å². The second kappa shape index (κ2) is 7.79. The quantitative estimate of drug-likeness (QED) is 0.674. The number of hydrogen-bond acceptors (Lipinski definition) is 5. The maximum absolute atomic E-state index is 11.2. The van der Waals surface area contributed by atoms with Crippen molar-refractivity contribution in [3.63, 3.8) is 0 Å². The number of nitrogens with two attached hydrogens (primary N) is 1. The zero-order valence-electron chi connectivity index (χ0n) is 14.4. The van der Waals surface area contributed by atoms with Crippen LogP contribution in [0.2, 0.25) is 0 Å². The molecule has 1 amide bonds. The van der Waals surface area contributed by atoms with E-state index in [-0.39, 0.29) is 12.2 Å². The van der Waals surface area contributed by atoms with Gasteiger partial charge in [0, 0.05) is 12.8 Å². The maximum Gasteiger partial charge on any atom is 0.217 e. The van der Waals surface area contributed by atoms with Gasteiger partial charge in [-0.2, -0.15) is 0 Å². The van der Waals surface area contributed by atoms with Gasteiger partial charge in [-0.15, -0.1) is 5.10 Å². The number of nitrogens with zero attached hydrogens (tertiary/aromatic N) is 3. The van der Waals surface area contributed by atoms with E-state index in [1.165, 1.54) is 0 Å². The molecule has 1 unspecified atom stereocenters. The molecule has 3 aromatic rings. The van der Waals surface area contributed by atoms with Crippen molar-refractivity contribution in [3.8, 4) is 11.4 Å². The van der Waals surface area contributed by atoms with E-state index in [1.54, 1.807) is 23.9 Å². The van der Waals surface area contributed by atoms with Crippen LogP contribution in [0, 0.1) is 0 Å². The van der Waals surface area contributed by atoms with Crippen molar-refractivity contribution in [1.29, 1.82) is 0 Å². The van der Waals surface area contributed by atoms with E-state index in [0.29, 0.717) is 29.2 Å². The summed E-state index contributed by atoms with van der Waals surface area (Å²) in [5.41, 5.74) is 6.63. The van der Waals surface area contributed by atoms with Crippen LogP contribution in [0.1, 0.15) is 29.7 Å². The van der Waals surface area contributed by atoms with Crippen LogP contribution in [0.25, 0.3) is 5.69 Å². The van der Waals surface area contributed by atoms with Crippen molar-refractivity contribution >= 4 is 5.91 Å². The Labute approximate surface area is 151 Å². The number of benzene rings is 2. The third-order valence-corrected chi connectivity index (χ3v) is 3.96. The molecule has 3 rings (SSSR count). The first-order valence-corrected chi connectivity index (χ1v) is 8.20. The van der Waals surface area contributed by atoms with Crippen molar-refractivity contribution in [2.75, 3.05) is 7.11 Å². The molecule has 0 fully saturated rings. The molecule has 0 radical (unpaired) electrons. The number of aliphatic hydroxyl groups excluding tert-OH is 1. The number of methoxy groups -OCH3 is 1. The average Bonchev–Trinajstić information content (AvgIpc) is 3.10. The lowest BCUT2D eigenvalue weighted by Crippen LogP contribution is -2.13. The van der Waals surface area contributed by atoms with Crippen LogP contribution < -0.4 is 10.5 Å². The molecule has 0 aliphatic carbocycles. The number of aromatic nitrogens is 3. The first kappa shape index (κ1) is 17.6. The SMILES string of the molecule is COc1ccccc1-n1nc(C(O)c2ccccc2)nc1CCC(N)=O. The Balaban J connectivity index is 2.04. The number of amides is 1. The molecular formula is C19H20N4O3. The summed E-state index contributed by atoms with van der Waals surface area (Å²) in [5.74, 6) is 0.961. The lowest BCUT2D eigenvalue weighted by molar-refractivity contribution is -0.118. The Bertz CT molecular complexity index is 893. The number of carbonyl (C=O) groups is 1. The van der Waals surface area contributed by atoms with Crippen molar-refractivity contribution in [2.24, 2.45) is 5.73 Å². The number of primary amides is 1. The highest BCUT2D eigenvalue weighted by atomic mass is 16.5. The second-order valence-electron chi connectivity index (χ2n) is 5.75. The van der Waals surface area contributed by atoms with Gasteiger partial charge in [0.25, 0.3) is 0 Å². The van der Waals surface area contributed by atoms with Crippen molar-refractivity contribution in [3.05, 3.63) is 71.8 Å². The molecule has 0 bridgehead atoms. The van der Waals surface area contributed by atoms with Crippen LogP contribution in [0.15, 0.2) is 54.6 Å². The lowest BCUT2D eigenvalue weighted by atomic mass is 10.1. The van der Waals surface area contributed by atoms with Gasteiger partial charge in [0.1, 0.15) is 23.4 Å². The van der Waals surface area contributed by atoms with Gasteiger partial charge in [0.15, 0.2) is 5.82 Å². The zero-order chi connectivity index (χ0) is 18.5. The molecular weight excluding hydrogens is 332 g/mol. The Morgan fingerprint density at radius 1 is 1.19 bits per heavy atom. The molecule has 0 saturated heterocycles. The predicted octanol–water partition coefficient (Wildman–Crippen LogP) is 1.78. The predicted molar refractivity (Wildman–Crippen MR) is 95.9 cm³/mol. The van der Waals surface area contributed by atoms with Gasteiger partial charge in [-0.05, 0) is 17.7 Å². The van der Waals surface area contributed by atoms with Crippen molar-refractivity contribution in [2.45, 2.75) is 18.9 Å². The molecule has 7 nitrogen and oxygen atoms in total. The van der Waals surface area contributed by atoms with Gasteiger partial charge in [-0.3, -0.25) is 4.79 Å². The molecule has 134 valence electrons. The number of rotatable bonds is 7. The van der Waals surface area contributed by atoms with Crippen LogP contribution >= 0.6 is 0 Å². The van der Waals surface area contributed by atoms with E-state index >= 15 is 0 Å². The summed E-state index contributed by atoms with van der Waals surface area (Å²) in [6, 6.07) is 16.5. The molecule has 0 aliphatic rings. The number of aliphatic hydroxyl groups is 1. The molecule has 26 heavy (non-hydrogen) atoms. The summed E-state index contributed by atoms with van der Waals surface area (Å²) in [4.78, 5) is 15.6. The minimum atomic E-state index is -0.973. The highest BCUT2D eigenvalue weighted by Crippen LogP contribution is 2.25. The topological polar surface area (TPSA) is 103 Å². The Morgan fingerprint density at radius 2 is 1.88 bits per heavy atom. The zero-order valence-corrected chi connectivity index (χ0v) is 14.4. The Hall–Kier alpha value is -3.19. The van der Waals surface area contributed by atoms with Gasteiger partial charge >= 0.3 is 0 Å². The second-order valence-corrected chi connectivity index (χ2v) is 5.75.